The number of hydrogen-bond acceptors (Lipinski definition) is 1. The molecule has 0 aliphatic carbocycles. The number of nitrogens with two attached hydrogens (primary N) is 1. The minimum Gasteiger partial charge on any atom is -0.317 e. The molecule has 0 aromatic heterocycles. The van der Waals surface area contributed by atoms with Gasteiger partial charge in [0.25, 0.3) is 6.43 Å². The molecule has 0 spiro atoms. The van der Waals surface area contributed by atoms with E-state index in [1.165, 1.54) is 6.07 Å². The van der Waals surface area contributed by atoms with Gasteiger partial charge >= 0.3 is 0 Å². The third kappa shape index (κ3) is 2.19. The molecule has 1 aromatic carbocycles. The second-order valence-corrected chi connectivity index (χ2v) is 3.68. The van der Waals surface area contributed by atoms with Crippen molar-refractivity contribution < 1.29 is 13.2 Å². The largest absolute Gasteiger partial charge is 0.317 e. The lowest BCUT2D eigenvalue weighted by atomic mass is 9.94. The molecule has 0 aliphatic rings. The molecule has 2 N–H and O–H groups in total. The SMILES string of the molecule is CC(N)(c1cc(F)cc(Cl)c1)C(F)F. The fourth-order valence-corrected chi connectivity index (χ4v) is 1.21. The predicted molar refractivity (Wildman–Crippen MR) is 49.0 cm³/mol. The Bertz CT molecular complexity index is 319. The summed E-state index contributed by atoms with van der Waals surface area (Å²) in [5.41, 5.74) is 3.44. The van der Waals surface area contributed by atoms with Gasteiger partial charge in [-0.3, -0.25) is 0 Å². The lowest BCUT2D eigenvalue weighted by Crippen LogP contribution is -2.40. The maximum Gasteiger partial charge on any atom is 0.260 e. The van der Waals surface area contributed by atoms with Crippen LogP contribution in [0, 0.1) is 5.82 Å². The normalized spacial score (nSPS) is 15.6. The Labute approximate surface area is 84.7 Å². The van der Waals surface area contributed by atoms with Crippen LogP contribution < -0.4 is 5.73 Å². The van der Waals surface area contributed by atoms with Crippen LogP contribution in [0.15, 0.2) is 18.2 Å². The van der Waals surface area contributed by atoms with E-state index in [2.05, 4.69) is 0 Å². The fourth-order valence-electron chi connectivity index (χ4n) is 0.991. The van der Waals surface area contributed by atoms with Gasteiger partial charge in [-0.2, -0.15) is 0 Å². The van der Waals surface area contributed by atoms with E-state index in [1.54, 1.807) is 0 Å². The summed E-state index contributed by atoms with van der Waals surface area (Å²) in [6, 6.07) is 3.22. The summed E-state index contributed by atoms with van der Waals surface area (Å²) in [4.78, 5) is 0. The molecule has 0 aliphatic heterocycles. The molecular weight excluding hydrogens is 215 g/mol. The summed E-state index contributed by atoms with van der Waals surface area (Å²) in [6.45, 7) is 1.13. The van der Waals surface area contributed by atoms with E-state index >= 15 is 0 Å². The molecule has 0 radical (unpaired) electrons. The molecule has 1 rings (SSSR count). The second kappa shape index (κ2) is 3.79. The average molecular weight is 224 g/mol. The van der Waals surface area contributed by atoms with E-state index in [0.29, 0.717) is 0 Å². The molecule has 0 saturated heterocycles. The zero-order chi connectivity index (χ0) is 10.9. The van der Waals surface area contributed by atoms with Gasteiger partial charge in [-0.25, -0.2) is 13.2 Å². The zero-order valence-corrected chi connectivity index (χ0v) is 8.15. The van der Waals surface area contributed by atoms with Gasteiger partial charge in [-0.05, 0) is 30.7 Å². The highest BCUT2D eigenvalue weighted by Gasteiger charge is 2.32. The van der Waals surface area contributed by atoms with Crippen LogP contribution in [0.1, 0.15) is 12.5 Å². The van der Waals surface area contributed by atoms with E-state index in [4.69, 9.17) is 17.3 Å². The number of rotatable bonds is 2. The van der Waals surface area contributed by atoms with Crippen molar-refractivity contribution in [2.24, 2.45) is 5.73 Å². The Kier molecular flexibility index (Phi) is 3.07. The third-order valence-corrected chi connectivity index (χ3v) is 2.16. The molecule has 0 saturated carbocycles. The van der Waals surface area contributed by atoms with E-state index in [-0.39, 0.29) is 10.6 Å². The highest BCUT2D eigenvalue weighted by Crippen LogP contribution is 2.27. The zero-order valence-electron chi connectivity index (χ0n) is 7.40. The maximum atomic E-state index is 12.8. The summed E-state index contributed by atoms with van der Waals surface area (Å²) in [6.07, 6.45) is -2.78. The molecule has 14 heavy (non-hydrogen) atoms. The minimum atomic E-state index is -2.78. The van der Waals surface area contributed by atoms with Crippen LogP contribution in [0.25, 0.3) is 0 Å². The van der Waals surface area contributed by atoms with Crippen LogP contribution in [-0.2, 0) is 5.54 Å². The summed E-state index contributed by atoms with van der Waals surface area (Å²) in [5.74, 6) is -0.676. The fraction of sp³-hybridized carbons (Fsp3) is 0.333. The van der Waals surface area contributed by atoms with Gasteiger partial charge in [0, 0.05) is 5.02 Å². The average Bonchev–Trinajstić information content (AvgIpc) is 2.01. The van der Waals surface area contributed by atoms with E-state index < -0.39 is 17.8 Å². The Morgan fingerprint density at radius 3 is 2.36 bits per heavy atom. The van der Waals surface area contributed by atoms with Gasteiger partial charge in [0.2, 0.25) is 0 Å². The number of benzene rings is 1. The van der Waals surface area contributed by atoms with Crippen LogP contribution in [0.4, 0.5) is 13.2 Å². The number of alkyl halides is 2. The molecule has 1 aromatic rings. The van der Waals surface area contributed by atoms with Crippen LogP contribution in [0.5, 0.6) is 0 Å². The van der Waals surface area contributed by atoms with Gasteiger partial charge < -0.3 is 5.73 Å². The topological polar surface area (TPSA) is 26.0 Å². The first kappa shape index (κ1) is 11.3. The summed E-state index contributed by atoms with van der Waals surface area (Å²) < 4.78 is 37.8. The van der Waals surface area contributed by atoms with Crippen LogP contribution in [0.2, 0.25) is 5.02 Å². The first-order valence-corrected chi connectivity index (χ1v) is 4.25. The standard InChI is InChI=1S/C9H9ClF3N/c1-9(14,8(12)13)5-2-6(10)4-7(11)3-5/h2-4,8H,14H2,1H3. The van der Waals surface area contributed by atoms with Crippen LogP contribution >= 0.6 is 11.6 Å². The van der Waals surface area contributed by atoms with Gasteiger partial charge in [0.05, 0.1) is 5.54 Å². The van der Waals surface area contributed by atoms with E-state index in [0.717, 1.165) is 19.1 Å². The van der Waals surface area contributed by atoms with Crippen LogP contribution in [0.3, 0.4) is 0 Å². The van der Waals surface area contributed by atoms with Gasteiger partial charge in [-0.15, -0.1) is 0 Å². The molecule has 0 amide bonds. The quantitative estimate of drug-likeness (QED) is 0.820. The van der Waals surface area contributed by atoms with Crippen molar-refractivity contribution in [2.45, 2.75) is 18.9 Å². The lowest BCUT2D eigenvalue weighted by molar-refractivity contribution is 0.0624. The molecule has 0 heterocycles. The van der Waals surface area contributed by atoms with Crippen molar-refractivity contribution in [3.8, 4) is 0 Å². The first-order valence-electron chi connectivity index (χ1n) is 3.87. The molecule has 0 bridgehead atoms. The molecule has 1 unspecified atom stereocenters. The van der Waals surface area contributed by atoms with Crippen molar-refractivity contribution in [2.75, 3.05) is 0 Å². The van der Waals surface area contributed by atoms with Crippen molar-refractivity contribution >= 4 is 11.6 Å². The van der Waals surface area contributed by atoms with Gasteiger partial charge in [0.1, 0.15) is 5.82 Å². The highest BCUT2D eigenvalue weighted by atomic mass is 35.5. The van der Waals surface area contributed by atoms with Crippen molar-refractivity contribution in [1.82, 2.24) is 0 Å². The summed E-state index contributed by atoms with van der Waals surface area (Å²) >= 11 is 5.52. The van der Waals surface area contributed by atoms with Crippen molar-refractivity contribution in [1.29, 1.82) is 0 Å². The number of halogens is 4. The Hall–Kier alpha value is -0.740. The Morgan fingerprint density at radius 2 is 1.93 bits per heavy atom. The van der Waals surface area contributed by atoms with E-state index in [1.807, 2.05) is 0 Å². The monoisotopic (exact) mass is 223 g/mol. The minimum absolute atomic E-state index is 0.0162. The van der Waals surface area contributed by atoms with E-state index in [9.17, 15) is 13.2 Å². The molecule has 5 heteroatoms. The Morgan fingerprint density at radius 1 is 1.36 bits per heavy atom. The molecular formula is C9H9ClF3N. The summed E-state index contributed by atoms with van der Waals surface area (Å²) in [5, 5.41) is 0.0531. The smallest absolute Gasteiger partial charge is 0.260 e. The maximum absolute atomic E-state index is 12.8. The molecule has 0 fully saturated rings. The molecule has 1 nitrogen and oxygen atoms in total. The van der Waals surface area contributed by atoms with Gasteiger partial charge in [-0.1, -0.05) is 11.6 Å². The third-order valence-electron chi connectivity index (χ3n) is 1.94. The molecule has 1 atom stereocenters. The highest BCUT2D eigenvalue weighted by molar-refractivity contribution is 6.30. The van der Waals surface area contributed by atoms with Crippen molar-refractivity contribution in [3.63, 3.8) is 0 Å². The first-order chi connectivity index (χ1) is 6.34. The van der Waals surface area contributed by atoms with Gasteiger partial charge in [0.15, 0.2) is 0 Å². The lowest BCUT2D eigenvalue weighted by Gasteiger charge is -2.24. The Balaban J connectivity index is 3.18. The number of hydrogen-bond donors (Lipinski definition) is 1. The van der Waals surface area contributed by atoms with Crippen LogP contribution in [-0.4, -0.2) is 6.43 Å². The second-order valence-electron chi connectivity index (χ2n) is 3.24. The predicted octanol–water partition coefficient (Wildman–Crippen LogP) is 2.92. The summed E-state index contributed by atoms with van der Waals surface area (Å²) in [7, 11) is 0. The molecule has 78 valence electrons. The van der Waals surface area contributed by atoms with Crippen molar-refractivity contribution in [3.05, 3.63) is 34.6 Å².